The molecule has 0 unspecified atom stereocenters. The highest BCUT2D eigenvalue weighted by atomic mass is 79.9. The number of benzene rings is 3. The summed E-state index contributed by atoms with van der Waals surface area (Å²) in [5, 5.41) is 15.4. The second-order valence-corrected chi connectivity index (χ2v) is 6.21. The Balaban J connectivity index is 1.63. The minimum absolute atomic E-state index is 0.0839. The van der Waals surface area contributed by atoms with Crippen molar-refractivity contribution >= 4 is 44.0 Å². The second kappa shape index (κ2) is 7.31. The third-order valence-electron chi connectivity index (χ3n) is 3.48. The highest BCUT2D eigenvalue weighted by Gasteiger charge is 2.09. The van der Waals surface area contributed by atoms with Crippen molar-refractivity contribution in [1.29, 1.82) is 0 Å². The zero-order chi connectivity index (χ0) is 17.8. The molecule has 0 fully saturated rings. The summed E-state index contributed by atoms with van der Waals surface area (Å²) in [7, 11) is 0. The summed E-state index contributed by atoms with van der Waals surface area (Å²) in [6.45, 7) is -0.190. The van der Waals surface area contributed by atoms with E-state index in [0.29, 0.717) is 11.4 Å². The van der Waals surface area contributed by atoms with Crippen LogP contribution in [0.3, 0.4) is 0 Å². The van der Waals surface area contributed by atoms with Crippen LogP contribution in [0.5, 0.6) is 5.75 Å². The fraction of sp³-hybridized carbons (Fsp3) is 0.0556. The summed E-state index contributed by atoms with van der Waals surface area (Å²) in [5.74, 6) is 0.181. The molecule has 0 aromatic heterocycles. The van der Waals surface area contributed by atoms with Gasteiger partial charge in [-0.25, -0.2) is 0 Å². The Morgan fingerprint density at radius 3 is 2.64 bits per heavy atom. The van der Waals surface area contributed by atoms with Crippen LogP contribution in [0.2, 0.25) is 0 Å². The Bertz CT molecular complexity index is 959. The highest BCUT2D eigenvalue weighted by molar-refractivity contribution is 9.10. The molecule has 0 atom stereocenters. The predicted octanol–water partition coefficient (Wildman–Crippen LogP) is 4.53. The molecular weight excluding hydrogens is 388 g/mol. The number of anilines is 1. The van der Waals surface area contributed by atoms with E-state index in [4.69, 9.17) is 4.74 Å². The van der Waals surface area contributed by atoms with Crippen molar-refractivity contribution in [2.75, 3.05) is 11.9 Å². The van der Waals surface area contributed by atoms with Gasteiger partial charge >= 0.3 is 0 Å². The quantitative estimate of drug-likeness (QED) is 0.503. The maximum Gasteiger partial charge on any atom is 0.271 e. The molecule has 0 saturated carbocycles. The van der Waals surface area contributed by atoms with Gasteiger partial charge in [-0.05, 0) is 41.1 Å². The zero-order valence-corrected chi connectivity index (χ0v) is 14.5. The van der Waals surface area contributed by atoms with Crippen LogP contribution in [-0.4, -0.2) is 17.4 Å². The molecule has 25 heavy (non-hydrogen) atoms. The van der Waals surface area contributed by atoms with Crippen LogP contribution in [0.4, 0.5) is 11.4 Å². The molecule has 0 aliphatic carbocycles. The Kier molecular flexibility index (Phi) is 4.95. The largest absolute Gasteiger partial charge is 0.484 e. The van der Waals surface area contributed by atoms with Crippen LogP contribution in [0.15, 0.2) is 65.1 Å². The van der Waals surface area contributed by atoms with Gasteiger partial charge in [0.1, 0.15) is 5.75 Å². The molecule has 0 bridgehead atoms. The normalized spacial score (nSPS) is 10.4. The number of carbonyl (C=O) groups is 1. The van der Waals surface area contributed by atoms with Crippen molar-refractivity contribution in [2.24, 2.45) is 0 Å². The van der Waals surface area contributed by atoms with E-state index in [1.807, 2.05) is 30.3 Å². The van der Waals surface area contributed by atoms with Crippen molar-refractivity contribution in [2.45, 2.75) is 0 Å². The van der Waals surface area contributed by atoms with Gasteiger partial charge in [-0.15, -0.1) is 0 Å². The van der Waals surface area contributed by atoms with Gasteiger partial charge in [0, 0.05) is 22.3 Å². The van der Waals surface area contributed by atoms with Crippen molar-refractivity contribution in [1.82, 2.24) is 0 Å². The molecule has 3 aromatic carbocycles. The Morgan fingerprint density at radius 2 is 1.84 bits per heavy atom. The standard InChI is InChI=1S/C18H13BrN2O4/c19-14-6-4-13-9-17(7-5-12(13)8-14)25-11-18(22)20-15-2-1-3-16(10-15)21(23)24/h1-10H,11H2,(H,20,22). The lowest BCUT2D eigenvalue weighted by atomic mass is 10.1. The number of nitro groups is 1. The van der Waals surface area contributed by atoms with E-state index in [9.17, 15) is 14.9 Å². The molecule has 0 aliphatic rings. The number of halogens is 1. The van der Waals surface area contributed by atoms with Gasteiger partial charge in [0.15, 0.2) is 6.61 Å². The molecular formula is C18H13BrN2O4. The van der Waals surface area contributed by atoms with E-state index in [0.717, 1.165) is 15.2 Å². The Hall–Kier alpha value is -2.93. The lowest BCUT2D eigenvalue weighted by molar-refractivity contribution is -0.384. The molecule has 7 heteroatoms. The average Bonchev–Trinajstić information content (AvgIpc) is 2.60. The van der Waals surface area contributed by atoms with Crippen molar-refractivity contribution < 1.29 is 14.5 Å². The van der Waals surface area contributed by atoms with Crippen LogP contribution in [0.1, 0.15) is 0 Å². The number of nitrogens with zero attached hydrogens (tertiary/aromatic N) is 1. The van der Waals surface area contributed by atoms with E-state index in [-0.39, 0.29) is 12.3 Å². The minimum atomic E-state index is -0.514. The van der Waals surface area contributed by atoms with Crippen LogP contribution in [0.25, 0.3) is 10.8 Å². The van der Waals surface area contributed by atoms with E-state index in [1.165, 1.54) is 18.2 Å². The number of non-ortho nitro benzene ring substituents is 1. The minimum Gasteiger partial charge on any atom is -0.484 e. The molecule has 126 valence electrons. The van der Waals surface area contributed by atoms with Gasteiger partial charge in [-0.3, -0.25) is 14.9 Å². The second-order valence-electron chi connectivity index (χ2n) is 5.30. The topological polar surface area (TPSA) is 81.5 Å². The number of ether oxygens (including phenoxy) is 1. The number of hydrogen-bond donors (Lipinski definition) is 1. The molecule has 3 aromatic rings. The molecule has 1 N–H and O–H groups in total. The smallest absolute Gasteiger partial charge is 0.271 e. The van der Waals surface area contributed by atoms with E-state index >= 15 is 0 Å². The lowest BCUT2D eigenvalue weighted by Crippen LogP contribution is -2.20. The SMILES string of the molecule is O=C(COc1ccc2cc(Br)ccc2c1)Nc1cccc([N+](=O)[O-])c1. The maximum atomic E-state index is 12.0. The first-order valence-electron chi connectivity index (χ1n) is 7.38. The van der Waals surface area contributed by atoms with Crippen LogP contribution in [-0.2, 0) is 4.79 Å². The molecule has 1 amide bonds. The summed E-state index contributed by atoms with van der Waals surface area (Å²) in [6.07, 6.45) is 0. The van der Waals surface area contributed by atoms with Gasteiger partial charge < -0.3 is 10.1 Å². The molecule has 0 saturated heterocycles. The summed E-state index contributed by atoms with van der Waals surface area (Å²) in [5.41, 5.74) is 0.269. The first-order chi connectivity index (χ1) is 12.0. The van der Waals surface area contributed by atoms with E-state index < -0.39 is 10.8 Å². The fourth-order valence-corrected chi connectivity index (χ4v) is 2.71. The number of rotatable bonds is 5. The van der Waals surface area contributed by atoms with Crippen LogP contribution in [0, 0.1) is 10.1 Å². The first kappa shape index (κ1) is 16.9. The average molecular weight is 401 g/mol. The highest BCUT2D eigenvalue weighted by Crippen LogP contribution is 2.24. The molecule has 6 nitrogen and oxygen atoms in total. The predicted molar refractivity (Wildman–Crippen MR) is 98.9 cm³/mol. The number of fused-ring (bicyclic) bond motifs is 1. The summed E-state index contributed by atoms with van der Waals surface area (Å²) >= 11 is 3.42. The number of hydrogen-bond acceptors (Lipinski definition) is 4. The fourth-order valence-electron chi connectivity index (χ4n) is 2.33. The van der Waals surface area contributed by atoms with Gasteiger partial charge in [-0.2, -0.15) is 0 Å². The monoisotopic (exact) mass is 400 g/mol. The first-order valence-corrected chi connectivity index (χ1v) is 8.17. The Labute approximate surface area is 151 Å². The van der Waals surface area contributed by atoms with Gasteiger partial charge in [0.25, 0.3) is 11.6 Å². The van der Waals surface area contributed by atoms with Crippen LogP contribution >= 0.6 is 15.9 Å². The maximum absolute atomic E-state index is 12.0. The number of carbonyl (C=O) groups excluding carboxylic acids is 1. The van der Waals surface area contributed by atoms with Crippen molar-refractivity contribution in [3.63, 3.8) is 0 Å². The molecule has 0 heterocycles. The molecule has 0 aliphatic heterocycles. The van der Waals surface area contributed by atoms with Gasteiger partial charge in [0.2, 0.25) is 0 Å². The molecule has 3 rings (SSSR count). The van der Waals surface area contributed by atoms with E-state index in [2.05, 4.69) is 21.2 Å². The van der Waals surface area contributed by atoms with Crippen LogP contribution < -0.4 is 10.1 Å². The van der Waals surface area contributed by atoms with E-state index in [1.54, 1.807) is 12.1 Å². The van der Waals surface area contributed by atoms with Crippen molar-refractivity contribution in [3.05, 3.63) is 75.3 Å². The zero-order valence-electron chi connectivity index (χ0n) is 12.9. The van der Waals surface area contributed by atoms with Gasteiger partial charge in [-0.1, -0.05) is 34.1 Å². The Morgan fingerprint density at radius 1 is 1.08 bits per heavy atom. The molecule has 0 radical (unpaired) electrons. The third kappa shape index (κ3) is 4.33. The number of amides is 1. The van der Waals surface area contributed by atoms with Crippen molar-refractivity contribution in [3.8, 4) is 5.75 Å². The summed E-state index contributed by atoms with van der Waals surface area (Å²) < 4.78 is 6.49. The summed E-state index contributed by atoms with van der Waals surface area (Å²) in [4.78, 5) is 22.2. The van der Waals surface area contributed by atoms with Gasteiger partial charge in [0.05, 0.1) is 4.92 Å². The molecule has 0 spiro atoms. The number of nitro benzene ring substituents is 1. The third-order valence-corrected chi connectivity index (χ3v) is 3.98. The number of nitrogens with one attached hydrogen (secondary N) is 1. The lowest BCUT2D eigenvalue weighted by Gasteiger charge is -2.08. The summed E-state index contributed by atoms with van der Waals surface area (Å²) in [6, 6.07) is 17.2.